The number of carbonyl (C=O) groups excluding carboxylic acids is 2. The highest BCUT2D eigenvalue weighted by molar-refractivity contribution is 7.12. The van der Waals surface area contributed by atoms with E-state index in [-0.39, 0.29) is 24.5 Å². The molecule has 1 fully saturated rings. The molecule has 98 valence electrons. The van der Waals surface area contributed by atoms with E-state index < -0.39 is 0 Å². The molecule has 0 saturated carbocycles. The Hall–Kier alpha value is -1.40. The molecule has 0 radical (unpaired) electrons. The lowest BCUT2D eigenvalue weighted by Gasteiger charge is -2.10. The lowest BCUT2D eigenvalue weighted by Crippen LogP contribution is -2.39. The molecule has 2 amide bonds. The van der Waals surface area contributed by atoms with Crippen LogP contribution in [0.5, 0.6) is 0 Å². The normalized spacial score (nSPS) is 18.6. The Bertz CT molecular complexity index is 399. The number of carbonyl (C=O) groups is 2. The summed E-state index contributed by atoms with van der Waals surface area (Å²) < 4.78 is 5.39. The van der Waals surface area contributed by atoms with Gasteiger partial charge in [0.2, 0.25) is 5.91 Å². The zero-order chi connectivity index (χ0) is 12.8. The molecule has 2 N–H and O–H groups in total. The minimum atomic E-state index is -0.211. The van der Waals surface area contributed by atoms with E-state index >= 15 is 0 Å². The van der Waals surface area contributed by atoms with Gasteiger partial charge in [-0.25, -0.2) is 0 Å². The van der Waals surface area contributed by atoms with Crippen LogP contribution in [0.3, 0.4) is 0 Å². The largest absolute Gasteiger partial charge is 0.376 e. The Kier molecular flexibility index (Phi) is 4.72. The number of ether oxygens (including phenoxy) is 1. The molecule has 5 nitrogen and oxygen atoms in total. The predicted octanol–water partition coefficient (Wildman–Crippen LogP) is 0.773. The molecule has 0 bridgehead atoms. The highest BCUT2D eigenvalue weighted by atomic mass is 32.1. The Morgan fingerprint density at radius 1 is 1.44 bits per heavy atom. The summed E-state index contributed by atoms with van der Waals surface area (Å²) in [7, 11) is 0. The van der Waals surface area contributed by atoms with Crippen molar-refractivity contribution < 1.29 is 14.3 Å². The van der Waals surface area contributed by atoms with Crippen LogP contribution in [0, 0.1) is 0 Å². The molecule has 0 aromatic carbocycles. The summed E-state index contributed by atoms with van der Waals surface area (Å²) in [5, 5.41) is 7.15. The van der Waals surface area contributed by atoms with Gasteiger partial charge in [0.05, 0.1) is 17.5 Å². The predicted molar refractivity (Wildman–Crippen MR) is 68.6 cm³/mol. The first-order valence-corrected chi connectivity index (χ1v) is 6.83. The number of nitrogens with one attached hydrogen (secondary N) is 2. The van der Waals surface area contributed by atoms with E-state index in [4.69, 9.17) is 4.74 Å². The van der Waals surface area contributed by atoms with Crippen molar-refractivity contribution >= 4 is 23.2 Å². The fourth-order valence-electron chi connectivity index (χ4n) is 1.75. The van der Waals surface area contributed by atoms with E-state index in [1.807, 2.05) is 5.38 Å². The molecule has 2 rings (SSSR count). The molecule has 1 atom stereocenters. The van der Waals surface area contributed by atoms with Crippen molar-refractivity contribution in [2.24, 2.45) is 0 Å². The Balaban J connectivity index is 1.63. The van der Waals surface area contributed by atoms with E-state index in [0.717, 1.165) is 19.4 Å². The van der Waals surface area contributed by atoms with E-state index in [1.54, 1.807) is 12.1 Å². The first kappa shape index (κ1) is 13.0. The molecule has 1 aliphatic rings. The van der Waals surface area contributed by atoms with Gasteiger partial charge in [-0.1, -0.05) is 6.07 Å². The maximum absolute atomic E-state index is 11.6. The van der Waals surface area contributed by atoms with Crippen molar-refractivity contribution in [1.29, 1.82) is 0 Å². The number of rotatable bonds is 5. The van der Waals surface area contributed by atoms with Crippen molar-refractivity contribution in [2.75, 3.05) is 19.7 Å². The molecular formula is C12H16N2O3S. The summed E-state index contributed by atoms with van der Waals surface area (Å²) in [6.45, 7) is 1.30. The van der Waals surface area contributed by atoms with Gasteiger partial charge in [-0.3, -0.25) is 9.59 Å². The first-order chi connectivity index (χ1) is 8.75. The maximum Gasteiger partial charge on any atom is 0.261 e. The van der Waals surface area contributed by atoms with Gasteiger partial charge in [-0.15, -0.1) is 11.3 Å². The fourth-order valence-corrected chi connectivity index (χ4v) is 2.39. The van der Waals surface area contributed by atoms with E-state index in [0.29, 0.717) is 11.4 Å². The number of thiophene rings is 1. The molecule has 6 heteroatoms. The van der Waals surface area contributed by atoms with Crippen LogP contribution in [-0.2, 0) is 9.53 Å². The van der Waals surface area contributed by atoms with Gasteiger partial charge in [0, 0.05) is 13.2 Å². The van der Waals surface area contributed by atoms with Crippen LogP contribution in [0.2, 0.25) is 0 Å². The van der Waals surface area contributed by atoms with E-state index in [9.17, 15) is 9.59 Å². The quantitative estimate of drug-likeness (QED) is 0.829. The molecule has 1 aromatic rings. The average Bonchev–Trinajstić information content (AvgIpc) is 3.05. The van der Waals surface area contributed by atoms with Crippen molar-refractivity contribution in [1.82, 2.24) is 10.6 Å². The molecule has 0 unspecified atom stereocenters. The van der Waals surface area contributed by atoms with Crippen molar-refractivity contribution in [3.63, 3.8) is 0 Å². The van der Waals surface area contributed by atoms with Gasteiger partial charge in [0.1, 0.15) is 0 Å². The van der Waals surface area contributed by atoms with Crippen molar-refractivity contribution in [3.8, 4) is 0 Å². The summed E-state index contributed by atoms with van der Waals surface area (Å²) in [6.07, 6.45) is 2.17. The van der Waals surface area contributed by atoms with Crippen molar-refractivity contribution in [3.05, 3.63) is 22.4 Å². The monoisotopic (exact) mass is 268 g/mol. The van der Waals surface area contributed by atoms with Crippen LogP contribution in [0.4, 0.5) is 0 Å². The van der Waals surface area contributed by atoms with Gasteiger partial charge >= 0.3 is 0 Å². The van der Waals surface area contributed by atoms with Crippen LogP contribution >= 0.6 is 11.3 Å². The second-order valence-corrected chi connectivity index (χ2v) is 5.05. The summed E-state index contributed by atoms with van der Waals surface area (Å²) in [4.78, 5) is 23.7. The van der Waals surface area contributed by atoms with E-state index in [1.165, 1.54) is 11.3 Å². The summed E-state index contributed by atoms with van der Waals surface area (Å²) in [5.41, 5.74) is 0. The molecule has 1 saturated heterocycles. The van der Waals surface area contributed by atoms with Gasteiger partial charge < -0.3 is 15.4 Å². The van der Waals surface area contributed by atoms with Gasteiger partial charge in [0.15, 0.2) is 0 Å². The van der Waals surface area contributed by atoms with Crippen LogP contribution in [0.25, 0.3) is 0 Å². The Morgan fingerprint density at radius 2 is 2.33 bits per heavy atom. The summed E-state index contributed by atoms with van der Waals surface area (Å²) in [6, 6.07) is 3.53. The Labute approximate surface area is 110 Å². The molecule has 1 aromatic heterocycles. The smallest absolute Gasteiger partial charge is 0.261 e. The fraction of sp³-hybridized carbons (Fsp3) is 0.500. The molecule has 18 heavy (non-hydrogen) atoms. The minimum Gasteiger partial charge on any atom is -0.376 e. The SMILES string of the molecule is O=C(CNC(=O)c1cccs1)NC[C@H]1CCCO1. The third-order valence-electron chi connectivity index (χ3n) is 2.71. The number of hydrogen-bond donors (Lipinski definition) is 2. The second kappa shape index (κ2) is 6.51. The number of amides is 2. The standard InChI is InChI=1S/C12H16N2O3S/c15-11(13-7-9-3-1-5-17-9)8-14-12(16)10-4-2-6-18-10/h2,4,6,9H,1,3,5,7-8H2,(H,13,15)(H,14,16)/t9-/m1/s1. The average molecular weight is 268 g/mol. The Morgan fingerprint density at radius 3 is 3.00 bits per heavy atom. The number of hydrogen-bond acceptors (Lipinski definition) is 4. The highest BCUT2D eigenvalue weighted by Crippen LogP contribution is 2.10. The highest BCUT2D eigenvalue weighted by Gasteiger charge is 2.16. The zero-order valence-corrected chi connectivity index (χ0v) is 10.8. The van der Waals surface area contributed by atoms with Gasteiger partial charge in [-0.2, -0.15) is 0 Å². The molecule has 2 heterocycles. The van der Waals surface area contributed by atoms with Gasteiger partial charge in [-0.05, 0) is 24.3 Å². The van der Waals surface area contributed by atoms with Crippen LogP contribution in [-0.4, -0.2) is 37.6 Å². The summed E-state index contributed by atoms with van der Waals surface area (Å²) >= 11 is 1.35. The topological polar surface area (TPSA) is 67.4 Å². The van der Waals surface area contributed by atoms with Crippen LogP contribution in [0.15, 0.2) is 17.5 Å². The molecule has 1 aliphatic heterocycles. The third kappa shape index (κ3) is 3.82. The first-order valence-electron chi connectivity index (χ1n) is 5.95. The minimum absolute atomic E-state index is 0.00343. The van der Waals surface area contributed by atoms with Crippen LogP contribution in [0.1, 0.15) is 22.5 Å². The lowest BCUT2D eigenvalue weighted by atomic mass is 10.2. The third-order valence-corrected chi connectivity index (χ3v) is 3.57. The van der Waals surface area contributed by atoms with Crippen LogP contribution < -0.4 is 10.6 Å². The van der Waals surface area contributed by atoms with Gasteiger partial charge in [0.25, 0.3) is 5.91 Å². The van der Waals surface area contributed by atoms with Crippen molar-refractivity contribution in [2.45, 2.75) is 18.9 Å². The lowest BCUT2D eigenvalue weighted by molar-refractivity contribution is -0.120. The second-order valence-electron chi connectivity index (χ2n) is 4.10. The molecule has 0 spiro atoms. The molecule has 0 aliphatic carbocycles. The maximum atomic E-state index is 11.6. The van der Waals surface area contributed by atoms with E-state index in [2.05, 4.69) is 10.6 Å². The molecular weight excluding hydrogens is 252 g/mol. The zero-order valence-electron chi connectivity index (χ0n) is 9.98. The summed E-state index contributed by atoms with van der Waals surface area (Å²) in [5.74, 6) is -0.396.